The van der Waals surface area contributed by atoms with E-state index in [-0.39, 0.29) is 22.9 Å². The van der Waals surface area contributed by atoms with Crippen LogP contribution >= 0.6 is 0 Å². The van der Waals surface area contributed by atoms with Gasteiger partial charge in [0.2, 0.25) is 5.82 Å². The Hall–Kier alpha value is -3.19. The quantitative estimate of drug-likeness (QED) is 0.890. The molecule has 21 heavy (non-hydrogen) atoms. The van der Waals surface area contributed by atoms with Gasteiger partial charge in [-0.3, -0.25) is 9.89 Å². The van der Waals surface area contributed by atoms with Crippen molar-refractivity contribution in [2.24, 2.45) is 0 Å². The molecule has 0 radical (unpaired) electrons. The molecule has 1 amide bonds. The molecule has 2 N–H and O–H groups in total. The zero-order chi connectivity index (χ0) is 15.4. The molecule has 0 saturated heterocycles. The van der Waals surface area contributed by atoms with Gasteiger partial charge < -0.3 is 5.32 Å². The predicted octanol–water partition coefficient (Wildman–Crippen LogP) is 1.92. The summed E-state index contributed by atoms with van der Waals surface area (Å²) in [5, 5.41) is 26.9. The number of nitrogens with zero attached hydrogens (tertiary/aromatic N) is 4. The van der Waals surface area contributed by atoms with Gasteiger partial charge in [0, 0.05) is 11.6 Å². The number of H-pyrrole nitrogens is 1. The summed E-state index contributed by atoms with van der Waals surface area (Å²) in [6, 6.07) is 8.28. The van der Waals surface area contributed by atoms with Crippen LogP contribution in [0.5, 0.6) is 0 Å². The second-order valence-electron chi connectivity index (χ2n) is 4.64. The Morgan fingerprint density at radius 3 is 2.57 bits per heavy atom. The molecule has 0 unspecified atom stereocenters. The highest BCUT2D eigenvalue weighted by molar-refractivity contribution is 6.01. The highest BCUT2D eigenvalue weighted by Gasteiger charge is 2.14. The summed E-state index contributed by atoms with van der Waals surface area (Å²) in [7, 11) is 0. The standard InChI is InChI=1S/C14H12N6O/c1-8(2)12-18-13(20-19-12)14(21)17-11-4-3-9(6-15)10(5-11)7-16/h3-5,8H,1-2H3,(H,17,21)(H,18,19,20). The fourth-order valence-corrected chi connectivity index (χ4v) is 1.63. The fraction of sp³-hybridized carbons (Fsp3) is 0.214. The summed E-state index contributed by atoms with van der Waals surface area (Å²) in [6.07, 6.45) is 0. The molecule has 2 rings (SSSR count). The van der Waals surface area contributed by atoms with E-state index in [4.69, 9.17) is 10.5 Å². The molecule has 0 atom stereocenters. The van der Waals surface area contributed by atoms with E-state index in [1.807, 2.05) is 26.0 Å². The SMILES string of the molecule is CC(C)c1nc(C(=O)Nc2ccc(C#N)c(C#N)c2)n[nH]1. The lowest BCUT2D eigenvalue weighted by Gasteiger charge is -2.03. The second kappa shape index (κ2) is 5.85. The summed E-state index contributed by atoms with van der Waals surface area (Å²) in [5.41, 5.74) is 0.870. The monoisotopic (exact) mass is 280 g/mol. The molecule has 0 fully saturated rings. The molecule has 7 heteroatoms. The Balaban J connectivity index is 2.20. The molecule has 1 aromatic heterocycles. The Kier molecular flexibility index (Phi) is 3.96. The Labute approximate surface area is 121 Å². The molecular formula is C14H12N6O. The highest BCUT2D eigenvalue weighted by atomic mass is 16.2. The maximum atomic E-state index is 12.0. The summed E-state index contributed by atoms with van der Waals surface area (Å²) >= 11 is 0. The first kappa shape index (κ1) is 14.2. The van der Waals surface area contributed by atoms with Crippen LogP contribution < -0.4 is 5.32 Å². The number of rotatable bonds is 3. The minimum Gasteiger partial charge on any atom is -0.319 e. The van der Waals surface area contributed by atoms with Crippen LogP contribution in [-0.2, 0) is 0 Å². The van der Waals surface area contributed by atoms with Crippen molar-refractivity contribution in [3.8, 4) is 12.1 Å². The lowest BCUT2D eigenvalue weighted by Crippen LogP contribution is -2.14. The van der Waals surface area contributed by atoms with Crippen LogP contribution in [0.25, 0.3) is 0 Å². The van der Waals surface area contributed by atoms with E-state index in [0.29, 0.717) is 11.5 Å². The molecular weight excluding hydrogens is 268 g/mol. The van der Waals surface area contributed by atoms with Crippen LogP contribution in [-0.4, -0.2) is 21.1 Å². The third kappa shape index (κ3) is 3.04. The first-order chi connectivity index (χ1) is 10.0. The third-order valence-corrected chi connectivity index (χ3v) is 2.77. The van der Waals surface area contributed by atoms with Gasteiger partial charge in [0.05, 0.1) is 11.1 Å². The molecule has 0 bridgehead atoms. The Bertz CT molecular complexity index is 763. The third-order valence-electron chi connectivity index (χ3n) is 2.77. The van der Waals surface area contributed by atoms with E-state index in [2.05, 4.69) is 20.5 Å². The lowest BCUT2D eigenvalue weighted by molar-refractivity contribution is 0.101. The lowest BCUT2D eigenvalue weighted by atomic mass is 10.1. The maximum Gasteiger partial charge on any atom is 0.295 e. The summed E-state index contributed by atoms with van der Waals surface area (Å²) in [5.74, 6) is 0.310. The normalized spacial score (nSPS) is 9.95. The molecule has 0 aliphatic heterocycles. The van der Waals surface area contributed by atoms with Crippen molar-refractivity contribution in [3.63, 3.8) is 0 Å². The van der Waals surface area contributed by atoms with Gasteiger partial charge in [-0.2, -0.15) is 10.5 Å². The number of amides is 1. The van der Waals surface area contributed by atoms with Crippen LogP contribution in [0.4, 0.5) is 5.69 Å². The molecule has 1 heterocycles. The molecule has 0 aliphatic carbocycles. The van der Waals surface area contributed by atoms with Crippen LogP contribution in [0.1, 0.15) is 47.3 Å². The number of hydrogen-bond donors (Lipinski definition) is 2. The second-order valence-corrected chi connectivity index (χ2v) is 4.64. The number of aromatic nitrogens is 3. The van der Waals surface area contributed by atoms with Crippen molar-refractivity contribution < 1.29 is 4.79 Å². The number of carbonyl (C=O) groups is 1. The van der Waals surface area contributed by atoms with Crippen LogP contribution in [0.15, 0.2) is 18.2 Å². The van der Waals surface area contributed by atoms with Gasteiger partial charge >= 0.3 is 0 Å². The number of nitrogens with one attached hydrogen (secondary N) is 2. The zero-order valence-corrected chi connectivity index (χ0v) is 11.5. The van der Waals surface area contributed by atoms with Crippen LogP contribution in [0, 0.1) is 22.7 Å². The molecule has 0 saturated carbocycles. The van der Waals surface area contributed by atoms with Gasteiger partial charge in [-0.1, -0.05) is 13.8 Å². The number of benzene rings is 1. The van der Waals surface area contributed by atoms with Crippen molar-refractivity contribution >= 4 is 11.6 Å². The molecule has 1 aromatic carbocycles. The van der Waals surface area contributed by atoms with Crippen molar-refractivity contribution in [3.05, 3.63) is 41.0 Å². The van der Waals surface area contributed by atoms with Crippen molar-refractivity contribution in [2.75, 3.05) is 5.32 Å². The number of anilines is 1. The number of aromatic amines is 1. The van der Waals surface area contributed by atoms with E-state index < -0.39 is 5.91 Å². The Morgan fingerprint density at radius 2 is 2.00 bits per heavy atom. The smallest absolute Gasteiger partial charge is 0.295 e. The van der Waals surface area contributed by atoms with Crippen molar-refractivity contribution in [1.82, 2.24) is 15.2 Å². The van der Waals surface area contributed by atoms with Gasteiger partial charge in [-0.05, 0) is 18.2 Å². The van der Waals surface area contributed by atoms with E-state index in [9.17, 15) is 4.79 Å². The molecule has 0 aliphatic rings. The van der Waals surface area contributed by atoms with E-state index in [1.54, 1.807) is 6.07 Å². The van der Waals surface area contributed by atoms with Crippen LogP contribution in [0.3, 0.4) is 0 Å². The number of hydrogen-bond acceptors (Lipinski definition) is 5. The van der Waals surface area contributed by atoms with E-state index in [0.717, 1.165) is 0 Å². The van der Waals surface area contributed by atoms with Gasteiger partial charge in [0.15, 0.2) is 0 Å². The summed E-state index contributed by atoms with van der Waals surface area (Å²) < 4.78 is 0. The van der Waals surface area contributed by atoms with E-state index in [1.165, 1.54) is 12.1 Å². The average molecular weight is 280 g/mol. The zero-order valence-electron chi connectivity index (χ0n) is 11.5. The fourth-order valence-electron chi connectivity index (χ4n) is 1.63. The minimum atomic E-state index is -0.480. The predicted molar refractivity (Wildman–Crippen MR) is 74.3 cm³/mol. The van der Waals surface area contributed by atoms with Crippen molar-refractivity contribution in [1.29, 1.82) is 10.5 Å². The first-order valence-corrected chi connectivity index (χ1v) is 6.23. The van der Waals surface area contributed by atoms with Gasteiger partial charge in [0.25, 0.3) is 5.91 Å². The van der Waals surface area contributed by atoms with Crippen LogP contribution in [0.2, 0.25) is 0 Å². The van der Waals surface area contributed by atoms with Gasteiger partial charge in [-0.15, -0.1) is 5.10 Å². The Morgan fingerprint density at radius 1 is 1.29 bits per heavy atom. The topological polar surface area (TPSA) is 118 Å². The maximum absolute atomic E-state index is 12.0. The first-order valence-electron chi connectivity index (χ1n) is 6.23. The van der Waals surface area contributed by atoms with Crippen molar-refractivity contribution in [2.45, 2.75) is 19.8 Å². The molecule has 104 valence electrons. The van der Waals surface area contributed by atoms with Gasteiger partial charge in [0.1, 0.15) is 18.0 Å². The molecule has 2 aromatic rings. The van der Waals surface area contributed by atoms with E-state index >= 15 is 0 Å². The molecule has 0 spiro atoms. The number of nitriles is 2. The summed E-state index contributed by atoms with van der Waals surface area (Å²) in [4.78, 5) is 16.1. The molecule has 7 nitrogen and oxygen atoms in total. The highest BCUT2D eigenvalue weighted by Crippen LogP contribution is 2.15. The number of carbonyl (C=O) groups excluding carboxylic acids is 1. The average Bonchev–Trinajstić information content (AvgIpc) is 2.97. The minimum absolute atomic E-state index is 0.0292. The largest absolute Gasteiger partial charge is 0.319 e. The van der Waals surface area contributed by atoms with Gasteiger partial charge in [-0.25, -0.2) is 4.98 Å². The summed E-state index contributed by atoms with van der Waals surface area (Å²) in [6.45, 7) is 3.87.